The summed E-state index contributed by atoms with van der Waals surface area (Å²) in [6, 6.07) is 11.6. The first-order chi connectivity index (χ1) is 18.1. The molecule has 2 heterocycles. The molecule has 0 saturated carbocycles. The summed E-state index contributed by atoms with van der Waals surface area (Å²) in [5.74, 6) is -0.378. The highest BCUT2D eigenvalue weighted by Crippen LogP contribution is 2.34. The van der Waals surface area contributed by atoms with E-state index in [1.165, 1.54) is 16.4 Å². The summed E-state index contributed by atoms with van der Waals surface area (Å²) in [5, 5.41) is 2.45. The average molecular weight is 599 g/mol. The number of nitrogens with one attached hydrogen (secondary N) is 1. The van der Waals surface area contributed by atoms with Gasteiger partial charge >= 0.3 is 0 Å². The third-order valence-corrected chi connectivity index (χ3v) is 10.0. The van der Waals surface area contributed by atoms with Crippen LogP contribution in [0.5, 0.6) is 5.75 Å². The highest BCUT2D eigenvalue weighted by atomic mass is 35.5. The zero-order valence-corrected chi connectivity index (χ0v) is 23.5. The van der Waals surface area contributed by atoms with Gasteiger partial charge in [-0.2, -0.15) is 4.31 Å². The van der Waals surface area contributed by atoms with E-state index in [1.807, 2.05) is 0 Å². The van der Waals surface area contributed by atoms with Crippen molar-refractivity contribution >= 4 is 68.1 Å². The summed E-state index contributed by atoms with van der Waals surface area (Å²) >= 11 is 13.0. The van der Waals surface area contributed by atoms with Gasteiger partial charge in [-0.1, -0.05) is 41.4 Å². The van der Waals surface area contributed by atoms with Crippen LogP contribution in [0.4, 0.5) is 4.79 Å². The van der Waals surface area contributed by atoms with Gasteiger partial charge in [-0.3, -0.25) is 19.3 Å². The van der Waals surface area contributed by atoms with Crippen LogP contribution in [0.25, 0.3) is 6.08 Å². The molecule has 2 aliphatic heterocycles. The fourth-order valence-electron chi connectivity index (χ4n) is 4.20. The molecule has 0 unspecified atom stereocenters. The van der Waals surface area contributed by atoms with Gasteiger partial charge < -0.3 is 10.1 Å². The molecule has 0 radical (unpaired) electrons. The lowest BCUT2D eigenvalue weighted by atomic mass is 9.97. The summed E-state index contributed by atoms with van der Waals surface area (Å²) in [7, 11) is -2.34. The molecule has 4 rings (SSSR count). The zero-order chi connectivity index (χ0) is 27.4. The number of halogens is 2. The largest absolute Gasteiger partial charge is 0.497 e. The van der Waals surface area contributed by atoms with Crippen LogP contribution in [0, 0.1) is 5.92 Å². The summed E-state index contributed by atoms with van der Waals surface area (Å²) in [5.41, 5.74) is 0.759. The first kappa shape index (κ1) is 28.4. The van der Waals surface area contributed by atoms with E-state index in [9.17, 15) is 22.8 Å². The number of sulfonamides is 1. The van der Waals surface area contributed by atoms with Crippen LogP contribution in [-0.2, 0) is 19.6 Å². The van der Waals surface area contributed by atoms with E-state index < -0.39 is 27.1 Å². The van der Waals surface area contributed by atoms with Crippen molar-refractivity contribution in [3.8, 4) is 5.75 Å². The van der Waals surface area contributed by atoms with E-state index in [4.69, 9.17) is 27.9 Å². The Morgan fingerprint density at radius 3 is 2.34 bits per heavy atom. The number of hydrogen-bond acceptors (Lipinski definition) is 7. The Morgan fingerprint density at radius 1 is 1.11 bits per heavy atom. The summed E-state index contributed by atoms with van der Waals surface area (Å²) in [6.07, 6.45) is 2.28. The highest BCUT2D eigenvalue weighted by Gasteiger charge is 2.36. The molecular formula is C25H25Cl2N3O6S2. The molecule has 2 aliphatic rings. The topological polar surface area (TPSA) is 113 Å². The summed E-state index contributed by atoms with van der Waals surface area (Å²) in [6.45, 7) is 0.414. The molecule has 38 heavy (non-hydrogen) atoms. The van der Waals surface area contributed by atoms with Gasteiger partial charge in [-0.25, -0.2) is 8.42 Å². The number of carbonyl (C=O) groups is 3. The molecule has 0 bridgehead atoms. The number of benzene rings is 2. The van der Waals surface area contributed by atoms with Gasteiger partial charge in [0.2, 0.25) is 15.9 Å². The van der Waals surface area contributed by atoms with Gasteiger partial charge in [0, 0.05) is 32.1 Å². The van der Waals surface area contributed by atoms with Crippen molar-refractivity contribution in [1.29, 1.82) is 0 Å². The predicted molar refractivity (Wildman–Crippen MR) is 147 cm³/mol. The van der Waals surface area contributed by atoms with Crippen LogP contribution in [0.15, 0.2) is 52.3 Å². The molecule has 0 spiro atoms. The zero-order valence-electron chi connectivity index (χ0n) is 20.4. The van der Waals surface area contributed by atoms with Crippen molar-refractivity contribution in [2.45, 2.75) is 17.7 Å². The molecule has 2 fully saturated rings. The van der Waals surface area contributed by atoms with E-state index in [2.05, 4.69) is 5.32 Å². The number of nitrogens with zero attached hydrogens (tertiary/aromatic N) is 2. The number of rotatable bonds is 8. The molecule has 0 aliphatic carbocycles. The fourth-order valence-corrected chi connectivity index (χ4v) is 7.62. The van der Waals surface area contributed by atoms with Gasteiger partial charge in [0.05, 0.1) is 22.1 Å². The molecule has 2 aromatic rings. The molecular weight excluding hydrogens is 573 g/mol. The normalized spacial score (nSPS) is 18.3. The van der Waals surface area contributed by atoms with E-state index in [0.717, 1.165) is 22.2 Å². The number of thioether (sulfide) groups is 1. The minimum Gasteiger partial charge on any atom is -0.497 e. The van der Waals surface area contributed by atoms with Crippen molar-refractivity contribution < 1.29 is 27.5 Å². The van der Waals surface area contributed by atoms with Crippen molar-refractivity contribution in [1.82, 2.24) is 14.5 Å². The fraction of sp³-hybridized carbons (Fsp3) is 0.320. The third-order valence-electron chi connectivity index (χ3n) is 6.26. The molecule has 1 N–H and O–H groups in total. The molecule has 2 aromatic carbocycles. The maximum Gasteiger partial charge on any atom is 0.293 e. The monoisotopic (exact) mass is 597 g/mol. The quantitative estimate of drug-likeness (QED) is 0.452. The minimum atomic E-state index is -3.90. The number of piperidine rings is 1. The second-order valence-corrected chi connectivity index (χ2v) is 12.3. The van der Waals surface area contributed by atoms with Gasteiger partial charge in [0.25, 0.3) is 11.1 Å². The molecule has 2 saturated heterocycles. The Balaban J connectivity index is 1.27. The van der Waals surface area contributed by atoms with Crippen molar-refractivity contribution in [3.63, 3.8) is 0 Å². The van der Waals surface area contributed by atoms with Crippen LogP contribution in [0.1, 0.15) is 18.4 Å². The van der Waals surface area contributed by atoms with Gasteiger partial charge in [0.15, 0.2) is 0 Å². The Morgan fingerprint density at radius 2 is 1.74 bits per heavy atom. The van der Waals surface area contributed by atoms with Crippen molar-refractivity contribution in [2.24, 2.45) is 5.92 Å². The molecule has 202 valence electrons. The van der Waals surface area contributed by atoms with Crippen LogP contribution < -0.4 is 10.1 Å². The lowest BCUT2D eigenvalue weighted by molar-refractivity contribution is -0.127. The van der Waals surface area contributed by atoms with Crippen LogP contribution in [-0.4, -0.2) is 68.0 Å². The van der Waals surface area contributed by atoms with Gasteiger partial charge in [0.1, 0.15) is 10.6 Å². The average Bonchev–Trinajstić information content (AvgIpc) is 3.16. The Labute approximate surface area is 235 Å². The number of hydrogen-bond donors (Lipinski definition) is 1. The maximum atomic E-state index is 13.0. The number of imide groups is 1. The van der Waals surface area contributed by atoms with E-state index in [-0.39, 0.29) is 47.0 Å². The molecule has 0 aromatic heterocycles. The van der Waals surface area contributed by atoms with E-state index >= 15 is 0 Å². The minimum absolute atomic E-state index is 0.0363. The number of amides is 3. The second-order valence-electron chi connectivity index (χ2n) is 8.63. The van der Waals surface area contributed by atoms with Crippen LogP contribution in [0.2, 0.25) is 10.0 Å². The standard InChI is InChI=1S/C25H25Cl2N3O6S2/c1-36-18-7-5-16(6-8-18)15-21-24(32)30(25(33)37-21)14-11-28-23(31)17-9-12-29(13-10-17)38(34,35)22-19(26)3-2-4-20(22)27/h2-8,15,17H,9-14H2,1H3,(H,28,31)/b21-15+. The number of carbonyl (C=O) groups excluding carboxylic acids is 3. The van der Waals surface area contributed by atoms with Gasteiger partial charge in [-0.05, 0) is 60.5 Å². The number of ether oxygens (including phenoxy) is 1. The molecule has 9 nitrogen and oxygen atoms in total. The highest BCUT2D eigenvalue weighted by molar-refractivity contribution is 8.18. The van der Waals surface area contributed by atoms with E-state index in [1.54, 1.807) is 43.5 Å². The van der Waals surface area contributed by atoms with E-state index in [0.29, 0.717) is 23.5 Å². The first-order valence-electron chi connectivity index (χ1n) is 11.7. The first-order valence-corrected chi connectivity index (χ1v) is 14.7. The van der Waals surface area contributed by atoms with Crippen LogP contribution >= 0.6 is 35.0 Å². The second kappa shape index (κ2) is 12.1. The summed E-state index contributed by atoms with van der Waals surface area (Å²) in [4.78, 5) is 39.0. The Bertz CT molecular complexity index is 1350. The van der Waals surface area contributed by atoms with Crippen molar-refractivity contribution in [2.75, 3.05) is 33.3 Å². The van der Waals surface area contributed by atoms with Crippen molar-refractivity contribution in [3.05, 3.63) is 63.0 Å². The Hall–Kier alpha value is -2.57. The smallest absolute Gasteiger partial charge is 0.293 e. The SMILES string of the molecule is COc1ccc(/C=C2/SC(=O)N(CCNC(=O)C3CCN(S(=O)(=O)c4c(Cl)cccc4Cl)CC3)C2=O)cc1. The molecule has 13 heteroatoms. The Kier molecular flexibility index (Phi) is 9.04. The lowest BCUT2D eigenvalue weighted by Crippen LogP contribution is -2.44. The van der Waals surface area contributed by atoms with Crippen LogP contribution in [0.3, 0.4) is 0 Å². The molecule has 0 atom stereocenters. The summed E-state index contributed by atoms with van der Waals surface area (Å²) < 4.78 is 32.5. The van der Waals surface area contributed by atoms with Gasteiger partial charge in [-0.15, -0.1) is 0 Å². The third kappa shape index (κ3) is 6.18. The predicted octanol–water partition coefficient (Wildman–Crippen LogP) is 4.26. The number of methoxy groups -OCH3 is 1. The molecule has 3 amide bonds. The maximum absolute atomic E-state index is 13.0. The lowest BCUT2D eigenvalue weighted by Gasteiger charge is -2.31.